The van der Waals surface area contributed by atoms with Crippen molar-refractivity contribution in [2.24, 2.45) is 0 Å². The molecule has 0 unspecified atom stereocenters. The number of carbonyl (C=O) groups excluding carboxylic acids is 1. The first-order valence-electron chi connectivity index (χ1n) is 9.78. The van der Waals surface area contributed by atoms with Crippen LogP contribution in [0.5, 0.6) is 0 Å². The summed E-state index contributed by atoms with van der Waals surface area (Å²) in [6.45, 7) is 2.91. The first-order valence-corrected chi connectivity index (χ1v) is 9.78. The lowest BCUT2D eigenvalue weighted by atomic mass is 9.92. The van der Waals surface area contributed by atoms with Crippen LogP contribution >= 0.6 is 0 Å². The minimum atomic E-state index is -1.71. The maximum Gasteiger partial charge on any atom is 0.262 e. The van der Waals surface area contributed by atoms with Crippen LogP contribution in [0.2, 0.25) is 0 Å². The number of fused-ring (bicyclic) bond motifs is 2. The van der Waals surface area contributed by atoms with Crippen molar-refractivity contribution in [2.45, 2.75) is 37.6 Å². The largest absolute Gasteiger partial charge is 0.375 e. The molecule has 1 saturated heterocycles. The number of aliphatic hydroxyl groups is 1. The van der Waals surface area contributed by atoms with Crippen LogP contribution in [0.15, 0.2) is 36.5 Å². The third-order valence-electron chi connectivity index (χ3n) is 5.96. The Morgan fingerprint density at radius 1 is 1.24 bits per heavy atom. The Morgan fingerprint density at radius 3 is 2.79 bits per heavy atom. The van der Waals surface area contributed by atoms with Crippen LogP contribution in [0.3, 0.4) is 0 Å². The second-order valence-electron chi connectivity index (χ2n) is 8.03. The molecule has 0 aliphatic carbocycles. The molecule has 29 heavy (non-hydrogen) atoms. The standard InChI is InChI=1S/C21H22FN5O2/c1-20(29)16-14(6-9-24-18(16)25-19(20)28)17-13-4-2-3-5-15(13)27(26-17)12-21(22)7-10-23-11-8-21/h2-6,9,23,29H,7-8,10-12H2,1H3,(H,24,25,28)/t20-/m0/s1. The van der Waals surface area contributed by atoms with Gasteiger partial charge >= 0.3 is 0 Å². The van der Waals surface area contributed by atoms with Crippen molar-refractivity contribution in [1.82, 2.24) is 20.1 Å². The van der Waals surface area contributed by atoms with Crippen LogP contribution in [0.1, 0.15) is 25.3 Å². The van der Waals surface area contributed by atoms with Gasteiger partial charge < -0.3 is 15.7 Å². The topological polar surface area (TPSA) is 92.1 Å². The molecule has 0 bridgehead atoms. The number of amides is 1. The highest BCUT2D eigenvalue weighted by atomic mass is 19.1. The van der Waals surface area contributed by atoms with Crippen molar-refractivity contribution in [3.05, 3.63) is 42.1 Å². The number of piperidine rings is 1. The van der Waals surface area contributed by atoms with Crippen molar-refractivity contribution in [2.75, 3.05) is 18.4 Å². The molecule has 3 aromatic rings. The number of halogens is 1. The van der Waals surface area contributed by atoms with Gasteiger partial charge in [0, 0.05) is 22.7 Å². The van der Waals surface area contributed by atoms with Crippen molar-refractivity contribution in [1.29, 1.82) is 0 Å². The van der Waals surface area contributed by atoms with E-state index in [1.807, 2.05) is 24.3 Å². The lowest BCUT2D eigenvalue weighted by molar-refractivity contribution is -0.131. The number of nitrogens with one attached hydrogen (secondary N) is 2. The molecule has 1 aromatic carbocycles. The summed E-state index contributed by atoms with van der Waals surface area (Å²) in [4.78, 5) is 16.4. The molecule has 1 amide bonds. The molecule has 0 radical (unpaired) electrons. The maximum atomic E-state index is 15.4. The van der Waals surface area contributed by atoms with Gasteiger partial charge in [0.25, 0.3) is 5.91 Å². The summed E-state index contributed by atoms with van der Waals surface area (Å²) in [5.41, 5.74) is -0.585. The number of rotatable bonds is 3. The van der Waals surface area contributed by atoms with E-state index in [1.165, 1.54) is 6.92 Å². The van der Waals surface area contributed by atoms with E-state index in [2.05, 4.69) is 15.6 Å². The molecule has 150 valence electrons. The number of para-hydroxylation sites is 1. The van der Waals surface area contributed by atoms with Gasteiger partial charge in [0.15, 0.2) is 5.60 Å². The summed E-state index contributed by atoms with van der Waals surface area (Å²) in [6, 6.07) is 9.38. The molecular weight excluding hydrogens is 373 g/mol. The summed E-state index contributed by atoms with van der Waals surface area (Å²) in [6.07, 6.45) is 2.45. The molecule has 1 fully saturated rings. The van der Waals surface area contributed by atoms with Gasteiger partial charge in [-0.05, 0) is 45.0 Å². The van der Waals surface area contributed by atoms with Crippen LogP contribution in [0.25, 0.3) is 22.2 Å². The lowest BCUT2D eigenvalue weighted by Gasteiger charge is -2.30. The number of aromatic nitrogens is 3. The van der Waals surface area contributed by atoms with E-state index >= 15 is 4.39 Å². The summed E-state index contributed by atoms with van der Waals surface area (Å²) in [7, 11) is 0. The van der Waals surface area contributed by atoms with E-state index < -0.39 is 17.2 Å². The summed E-state index contributed by atoms with van der Waals surface area (Å²) >= 11 is 0. The number of nitrogens with zero attached hydrogens (tertiary/aromatic N) is 3. The molecule has 8 heteroatoms. The van der Waals surface area contributed by atoms with Crippen LogP contribution < -0.4 is 10.6 Å². The monoisotopic (exact) mass is 395 g/mol. The zero-order chi connectivity index (χ0) is 20.2. The predicted molar refractivity (Wildman–Crippen MR) is 107 cm³/mol. The summed E-state index contributed by atoms with van der Waals surface area (Å²) in [5.74, 6) is -0.190. The SMILES string of the molecule is C[C@@]1(O)C(=O)Nc2nccc(-c3nn(CC4(F)CCNCC4)c4ccccc34)c21. The van der Waals surface area contributed by atoms with Gasteiger partial charge in [0.05, 0.1) is 12.1 Å². The summed E-state index contributed by atoms with van der Waals surface area (Å²) in [5, 5.41) is 22.2. The van der Waals surface area contributed by atoms with E-state index in [1.54, 1.807) is 16.9 Å². The molecule has 2 aliphatic heterocycles. The number of benzene rings is 1. The molecular formula is C21H22FN5O2. The van der Waals surface area contributed by atoms with Gasteiger partial charge in [0.1, 0.15) is 17.2 Å². The molecule has 3 N–H and O–H groups in total. The van der Waals surface area contributed by atoms with Crippen LogP contribution in [-0.4, -0.2) is 44.5 Å². The first-order chi connectivity index (χ1) is 13.9. The van der Waals surface area contributed by atoms with Gasteiger partial charge in [-0.25, -0.2) is 9.37 Å². The second kappa shape index (κ2) is 6.33. The highest BCUT2D eigenvalue weighted by molar-refractivity contribution is 6.07. The van der Waals surface area contributed by atoms with E-state index in [9.17, 15) is 9.90 Å². The Kier molecular flexibility index (Phi) is 3.97. The maximum absolute atomic E-state index is 15.4. The first kappa shape index (κ1) is 18.2. The Labute approximate surface area is 166 Å². The molecule has 4 heterocycles. The van der Waals surface area contributed by atoms with Crippen LogP contribution in [0.4, 0.5) is 10.2 Å². The minimum absolute atomic E-state index is 0.163. The fraction of sp³-hybridized carbons (Fsp3) is 0.381. The Hall–Kier alpha value is -2.84. The highest BCUT2D eigenvalue weighted by Gasteiger charge is 2.44. The highest BCUT2D eigenvalue weighted by Crippen LogP contribution is 2.42. The van der Waals surface area contributed by atoms with Gasteiger partial charge in [0.2, 0.25) is 0 Å². The number of anilines is 1. The normalized spacial score (nSPS) is 23.2. The summed E-state index contributed by atoms with van der Waals surface area (Å²) < 4.78 is 17.1. The second-order valence-corrected chi connectivity index (χ2v) is 8.03. The number of pyridine rings is 1. The molecule has 1 atom stereocenters. The van der Waals surface area contributed by atoms with E-state index in [4.69, 9.17) is 5.10 Å². The van der Waals surface area contributed by atoms with Gasteiger partial charge in [-0.2, -0.15) is 5.10 Å². The Morgan fingerprint density at radius 2 is 2.00 bits per heavy atom. The number of alkyl halides is 1. The van der Waals surface area contributed by atoms with Crippen molar-refractivity contribution in [3.8, 4) is 11.3 Å². The van der Waals surface area contributed by atoms with Crippen LogP contribution in [-0.2, 0) is 16.9 Å². The average molecular weight is 395 g/mol. The van der Waals surface area contributed by atoms with E-state index in [-0.39, 0.29) is 6.54 Å². The number of carbonyl (C=O) groups is 1. The average Bonchev–Trinajstić information content (AvgIpc) is 3.17. The fourth-order valence-corrected chi connectivity index (χ4v) is 4.34. The lowest BCUT2D eigenvalue weighted by Crippen LogP contribution is -2.41. The molecule has 7 nitrogen and oxygen atoms in total. The van der Waals surface area contributed by atoms with Gasteiger partial charge in [-0.1, -0.05) is 18.2 Å². The zero-order valence-corrected chi connectivity index (χ0v) is 16.1. The molecule has 0 saturated carbocycles. The molecule has 2 aromatic heterocycles. The zero-order valence-electron chi connectivity index (χ0n) is 16.1. The van der Waals surface area contributed by atoms with Crippen LogP contribution in [0, 0.1) is 0 Å². The van der Waals surface area contributed by atoms with Crippen molar-refractivity contribution < 1.29 is 14.3 Å². The van der Waals surface area contributed by atoms with Crippen molar-refractivity contribution in [3.63, 3.8) is 0 Å². The van der Waals surface area contributed by atoms with E-state index in [0.717, 1.165) is 10.9 Å². The molecule has 5 rings (SSSR count). The van der Waals surface area contributed by atoms with Gasteiger partial charge in [-0.3, -0.25) is 9.48 Å². The van der Waals surface area contributed by atoms with Gasteiger partial charge in [-0.15, -0.1) is 0 Å². The molecule has 2 aliphatic rings. The predicted octanol–water partition coefficient (Wildman–Crippen LogP) is 2.35. The smallest absolute Gasteiger partial charge is 0.262 e. The number of hydrogen-bond acceptors (Lipinski definition) is 5. The fourth-order valence-electron chi connectivity index (χ4n) is 4.34. The van der Waals surface area contributed by atoms with Crippen molar-refractivity contribution >= 4 is 22.6 Å². The third kappa shape index (κ3) is 2.82. The Bertz CT molecular complexity index is 1120. The molecule has 0 spiro atoms. The van der Waals surface area contributed by atoms with E-state index in [0.29, 0.717) is 48.6 Å². The third-order valence-corrected chi connectivity index (χ3v) is 5.96. The quantitative estimate of drug-likeness (QED) is 0.633. The minimum Gasteiger partial charge on any atom is -0.375 e. The number of hydrogen-bond donors (Lipinski definition) is 3. The Balaban J connectivity index is 1.67.